The normalized spacial score (nSPS) is 11.5. The van der Waals surface area contributed by atoms with Crippen molar-refractivity contribution in [1.82, 2.24) is 4.98 Å². The van der Waals surface area contributed by atoms with Crippen LogP contribution in [-0.4, -0.2) is 17.2 Å². The van der Waals surface area contributed by atoms with Crippen molar-refractivity contribution in [3.8, 4) is 5.88 Å². The van der Waals surface area contributed by atoms with Gasteiger partial charge in [0.25, 0.3) is 0 Å². The van der Waals surface area contributed by atoms with Crippen molar-refractivity contribution in [3.05, 3.63) is 22.8 Å². The van der Waals surface area contributed by atoms with E-state index in [4.69, 9.17) is 16.3 Å². The van der Waals surface area contributed by atoms with E-state index in [-0.39, 0.29) is 0 Å². The zero-order valence-corrected chi connectivity index (χ0v) is 8.59. The van der Waals surface area contributed by atoms with Crippen molar-refractivity contribution >= 4 is 11.6 Å². The third kappa shape index (κ3) is 2.32. The molecule has 0 aromatic carbocycles. The predicted octanol–water partition coefficient (Wildman–Crippen LogP) is 1.97. The summed E-state index contributed by atoms with van der Waals surface area (Å²) < 4.78 is 4.92. The number of ether oxygens (including phenoxy) is 1. The lowest BCUT2D eigenvalue weighted by Crippen LogP contribution is -2.16. The molecule has 72 valence electrons. The van der Waals surface area contributed by atoms with Crippen LogP contribution in [0.1, 0.15) is 19.4 Å². The molecule has 0 spiro atoms. The summed E-state index contributed by atoms with van der Waals surface area (Å²) in [6.45, 7) is 3.32. The second-order valence-electron chi connectivity index (χ2n) is 3.27. The van der Waals surface area contributed by atoms with Gasteiger partial charge in [0.05, 0.1) is 17.7 Å². The largest absolute Gasteiger partial charge is 0.481 e. The fourth-order valence-corrected chi connectivity index (χ4v) is 1.33. The van der Waals surface area contributed by atoms with Crippen LogP contribution in [0.25, 0.3) is 0 Å². The highest BCUT2D eigenvalue weighted by molar-refractivity contribution is 6.31. The number of halogens is 1. The van der Waals surface area contributed by atoms with Gasteiger partial charge in [-0.25, -0.2) is 4.98 Å². The molecule has 0 atom stereocenters. The van der Waals surface area contributed by atoms with Gasteiger partial charge in [-0.3, -0.25) is 0 Å². The first-order valence-electron chi connectivity index (χ1n) is 3.87. The first-order chi connectivity index (χ1) is 5.95. The van der Waals surface area contributed by atoms with Gasteiger partial charge in [0.1, 0.15) is 0 Å². The van der Waals surface area contributed by atoms with Gasteiger partial charge in [0.2, 0.25) is 5.88 Å². The van der Waals surface area contributed by atoms with Crippen LogP contribution in [0.4, 0.5) is 0 Å². The van der Waals surface area contributed by atoms with Crippen molar-refractivity contribution in [3.63, 3.8) is 0 Å². The van der Waals surface area contributed by atoms with Crippen LogP contribution in [0.3, 0.4) is 0 Å². The van der Waals surface area contributed by atoms with Gasteiger partial charge in [-0.05, 0) is 13.8 Å². The lowest BCUT2D eigenvalue weighted by molar-refractivity contribution is 0.0783. The van der Waals surface area contributed by atoms with E-state index in [2.05, 4.69) is 4.98 Å². The van der Waals surface area contributed by atoms with Crippen molar-refractivity contribution < 1.29 is 9.84 Å². The van der Waals surface area contributed by atoms with Gasteiger partial charge in [-0.1, -0.05) is 11.6 Å². The Hall–Kier alpha value is -0.800. The van der Waals surface area contributed by atoms with E-state index in [1.807, 2.05) is 0 Å². The Bertz CT molecular complexity index is 307. The summed E-state index contributed by atoms with van der Waals surface area (Å²) in [6, 6.07) is 1.63. The lowest BCUT2D eigenvalue weighted by Gasteiger charge is -2.19. The minimum Gasteiger partial charge on any atom is -0.481 e. The molecular formula is C9H12ClNO2. The fourth-order valence-electron chi connectivity index (χ4n) is 1.000. The molecule has 0 aliphatic heterocycles. The zero-order valence-electron chi connectivity index (χ0n) is 7.84. The summed E-state index contributed by atoms with van der Waals surface area (Å²) in [4.78, 5) is 3.91. The molecule has 4 heteroatoms. The van der Waals surface area contributed by atoms with Gasteiger partial charge in [0, 0.05) is 17.8 Å². The van der Waals surface area contributed by atoms with Crippen LogP contribution in [0, 0.1) is 0 Å². The summed E-state index contributed by atoms with van der Waals surface area (Å²) in [7, 11) is 1.52. The van der Waals surface area contributed by atoms with E-state index >= 15 is 0 Å². The highest BCUT2D eigenvalue weighted by Gasteiger charge is 2.20. The molecule has 0 saturated carbocycles. The highest BCUT2D eigenvalue weighted by Crippen LogP contribution is 2.29. The molecule has 0 saturated heterocycles. The molecule has 1 heterocycles. The maximum atomic E-state index is 9.72. The minimum atomic E-state index is -0.979. The molecule has 1 aromatic rings. The second kappa shape index (κ2) is 3.52. The molecule has 13 heavy (non-hydrogen) atoms. The smallest absolute Gasteiger partial charge is 0.213 e. The van der Waals surface area contributed by atoms with Gasteiger partial charge in [0.15, 0.2) is 0 Å². The molecule has 0 fully saturated rings. The number of pyridine rings is 1. The van der Waals surface area contributed by atoms with Crippen LogP contribution in [0.15, 0.2) is 12.3 Å². The van der Waals surface area contributed by atoms with Crippen LogP contribution in [0.5, 0.6) is 5.88 Å². The molecule has 0 aliphatic carbocycles. The average molecular weight is 202 g/mol. The predicted molar refractivity (Wildman–Crippen MR) is 51.0 cm³/mol. The number of methoxy groups -OCH3 is 1. The summed E-state index contributed by atoms with van der Waals surface area (Å²) in [6.07, 6.45) is 1.47. The number of aliphatic hydroxyl groups is 1. The zero-order chi connectivity index (χ0) is 10.1. The number of nitrogens with zero attached hydrogens (tertiary/aromatic N) is 1. The summed E-state index contributed by atoms with van der Waals surface area (Å²) >= 11 is 5.86. The fraction of sp³-hybridized carbons (Fsp3) is 0.444. The number of aromatic nitrogens is 1. The number of hydrogen-bond acceptors (Lipinski definition) is 3. The molecular weight excluding hydrogens is 190 g/mol. The van der Waals surface area contributed by atoms with Crippen LogP contribution < -0.4 is 4.74 Å². The molecule has 0 aliphatic rings. The van der Waals surface area contributed by atoms with Gasteiger partial charge < -0.3 is 9.84 Å². The van der Waals surface area contributed by atoms with E-state index in [9.17, 15) is 5.11 Å². The molecule has 0 amide bonds. The third-order valence-corrected chi connectivity index (χ3v) is 2.00. The molecule has 3 nitrogen and oxygen atoms in total. The van der Waals surface area contributed by atoms with E-state index in [1.165, 1.54) is 13.3 Å². The SMILES string of the molecule is COc1cc(C(C)(C)O)c(Cl)cn1. The van der Waals surface area contributed by atoms with Crippen LogP contribution >= 0.6 is 11.6 Å². The number of hydrogen-bond donors (Lipinski definition) is 1. The first-order valence-corrected chi connectivity index (χ1v) is 4.25. The average Bonchev–Trinajstić information content (AvgIpc) is 2.03. The Morgan fingerprint density at radius 1 is 1.54 bits per heavy atom. The van der Waals surface area contributed by atoms with Gasteiger partial charge in [-0.2, -0.15) is 0 Å². The lowest BCUT2D eigenvalue weighted by atomic mass is 10.00. The molecule has 1 aromatic heterocycles. The van der Waals surface area contributed by atoms with Gasteiger partial charge in [-0.15, -0.1) is 0 Å². The molecule has 1 rings (SSSR count). The monoisotopic (exact) mass is 201 g/mol. The summed E-state index contributed by atoms with van der Waals surface area (Å²) in [5.74, 6) is 0.446. The molecule has 0 bridgehead atoms. The Kier molecular flexibility index (Phi) is 2.78. The number of rotatable bonds is 2. The van der Waals surface area contributed by atoms with E-state index in [0.717, 1.165) is 0 Å². The Morgan fingerprint density at radius 2 is 2.15 bits per heavy atom. The van der Waals surface area contributed by atoms with Crippen LogP contribution in [0.2, 0.25) is 5.02 Å². The highest BCUT2D eigenvalue weighted by atomic mass is 35.5. The topological polar surface area (TPSA) is 42.4 Å². The summed E-state index contributed by atoms with van der Waals surface area (Å²) in [5.41, 5.74) is -0.367. The van der Waals surface area contributed by atoms with Crippen molar-refractivity contribution in [2.24, 2.45) is 0 Å². The van der Waals surface area contributed by atoms with Crippen molar-refractivity contribution in [1.29, 1.82) is 0 Å². The molecule has 1 N–H and O–H groups in total. The Balaban J connectivity index is 3.19. The Labute approximate surface area is 82.3 Å². The van der Waals surface area contributed by atoms with Crippen molar-refractivity contribution in [2.45, 2.75) is 19.4 Å². The van der Waals surface area contributed by atoms with E-state index in [1.54, 1.807) is 19.9 Å². The Morgan fingerprint density at radius 3 is 2.62 bits per heavy atom. The van der Waals surface area contributed by atoms with Crippen LogP contribution in [-0.2, 0) is 5.60 Å². The minimum absolute atomic E-state index is 0.438. The maximum Gasteiger partial charge on any atom is 0.213 e. The third-order valence-electron chi connectivity index (χ3n) is 1.70. The van der Waals surface area contributed by atoms with E-state index < -0.39 is 5.60 Å². The quantitative estimate of drug-likeness (QED) is 0.796. The molecule has 0 unspecified atom stereocenters. The first kappa shape index (κ1) is 10.3. The standard InChI is InChI=1S/C9H12ClNO2/c1-9(2,12)6-4-8(13-3)11-5-7(6)10/h4-5,12H,1-3H3. The summed E-state index contributed by atoms with van der Waals surface area (Å²) in [5, 5.41) is 10.2. The van der Waals surface area contributed by atoms with Crippen molar-refractivity contribution in [2.75, 3.05) is 7.11 Å². The second-order valence-corrected chi connectivity index (χ2v) is 3.67. The molecule has 0 radical (unpaired) electrons. The van der Waals surface area contributed by atoms with E-state index in [0.29, 0.717) is 16.5 Å². The van der Waals surface area contributed by atoms with Gasteiger partial charge >= 0.3 is 0 Å². The maximum absolute atomic E-state index is 9.72.